The van der Waals surface area contributed by atoms with Crippen molar-refractivity contribution in [1.29, 1.82) is 0 Å². The van der Waals surface area contributed by atoms with Crippen molar-refractivity contribution in [1.82, 2.24) is 0 Å². The van der Waals surface area contributed by atoms with Crippen molar-refractivity contribution in [3.8, 4) is 5.75 Å². The summed E-state index contributed by atoms with van der Waals surface area (Å²) in [4.78, 5) is 10.9. The molecule has 0 fully saturated rings. The highest BCUT2D eigenvalue weighted by Crippen LogP contribution is 2.33. The van der Waals surface area contributed by atoms with Gasteiger partial charge in [-0.15, -0.1) is 0 Å². The van der Waals surface area contributed by atoms with Crippen molar-refractivity contribution in [3.05, 3.63) is 33.9 Å². The van der Waals surface area contributed by atoms with E-state index >= 15 is 0 Å². The molecule has 1 unspecified atom stereocenters. The van der Waals surface area contributed by atoms with Crippen LogP contribution < -0.4 is 4.74 Å². The molecular weight excluding hydrogens is 322 g/mol. The first-order chi connectivity index (χ1) is 9.25. The number of nitro benzene ring substituents is 1. The van der Waals surface area contributed by atoms with Gasteiger partial charge in [0.15, 0.2) is 5.75 Å². The maximum absolute atomic E-state index is 11.0. The van der Waals surface area contributed by atoms with Crippen LogP contribution in [0.1, 0.15) is 39.7 Å². The normalized spacial score (nSPS) is 13.1. The SMILES string of the molecule is CCCOc1cc(CC(Br)C(C)(C)C)ccc1[N+](=O)[O-]. The molecule has 0 amide bonds. The molecule has 0 aromatic heterocycles. The van der Waals surface area contributed by atoms with Crippen LogP contribution >= 0.6 is 15.9 Å². The molecule has 1 atom stereocenters. The molecule has 0 saturated carbocycles. The van der Waals surface area contributed by atoms with Gasteiger partial charge < -0.3 is 4.74 Å². The van der Waals surface area contributed by atoms with Crippen LogP contribution in [-0.4, -0.2) is 16.4 Å². The fraction of sp³-hybridized carbons (Fsp3) is 0.600. The minimum Gasteiger partial charge on any atom is -0.487 e. The van der Waals surface area contributed by atoms with Crippen LogP contribution in [0.25, 0.3) is 0 Å². The molecule has 0 bridgehead atoms. The Balaban J connectivity index is 2.97. The van der Waals surface area contributed by atoms with Crippen molar-refractivity contribution in [3.63, 3.8) is 0 Å². The van der Waals surface area contributed by atoms with Crippen LogP contribution in [0.3, 0.4) is 0 Å². The van der Waals surface area contributed by atoms with Crippen molar-refractivity contribution in [2.45, 2.75) is 45.4 Å². The molecule has 0 aliphatic heterocycles. The molecule has 4 nitrogen and oxygen atoms in total. The summed E-state index contributed by atoms with van der Waals surface area (Å²) in [6.45, 7) is 8.94. The van der Waals surface area contributed by atoms with Gasteiger partial charge in [-0.3, -0.25) is 10.1 Å². The number of nitrogens with zero attached hydrogens (tertiary/aromatic N) is 1. The molecule has 0 radical (unpaired) electrons. The van der Waals surface area contributed by atoms with Crippen molar-refractivity contribution in [2.24, 2.45) is 5.41 Å². The topological polar surface area (TPSA) is 52.4 Å². The number of nitro groups is 1. The molecule has 20 heavy (non-hydrogen) atoms. The summed E-state index contributed by atoms with van der Waals surface area (Å²) in [6.07, 6.45) is 1.63. The van der Waals surface area contributed by atoms with Crippen LogP contribution in [0.15, 0.2) is 18.2 Å². The quantitative estimate of drug-likeness (QED) is 0.426. The van der Waals surface area contributed by atoms with E-state index < -0.39 is 4.92 Å². The average Bonchev–Trinajstić information content (AvgIpc) is 2.35. The monoisotopic (exact) mass is 343 g/mol. The van der Waals surface area contributed by atoms with Gasteiger partial charge in [0.25, 0.3) is 0 Å². The Hall–Kier alpha value is -1.10. The number of halogens is 1. The Morgan fingerprint density at radius 1 is 1.40 bits per heavy atom. The van der Waals surface area contributed by atoms with Gasteiger partial charge in [0.1, 0.15) is 0 Å². The van der Waals surface area contributed by atoms with E-state index in [1.165, 1.54) is 6.07 Å². The Bertz CT molecular complexity index is 469. The van der Waals surface area contributed by atoms with E-state index in [9.17, 15) is 10.1 Å². The van der Waals surface area contributed by atoms with Gasteiger partial charge in [-0.1, -0.05) is 49.7 Å². The zero-order chi connectivity index (χ0) is 15.3. The van der Waals surface area contributed by atoms with Gasteiger partial charge in [-0.05, 0) is 29.9 Å². The third-order valence-corrected chi connectivity index (χ3v) is 4.73. The van der Waals surface area contributed by atoms with Crippen LogP contribution in [0.5, 0.6) is 5.75 Å². The maximum Gasteiger partial charge on any atom is 0.310 e. The second-order valence-corrected chi connectivity index (χ2v) is 7.05. The lowest BCUT2D eigenvalue weighted by Gasteiger charge is -2.25. The molecule has 0 N–H and O–H groups in total. The Morgan fingerprint density at radius 3 is 2.55 bits per heavy atom. The first-order valence-electron chi connectivity index (χ1n) is 6.80. The fourth-order valence-corrected chi connectivity index (χ4v) is 2.05. The summed E-state index contributed by atoms with van der Waals surface area (Å²) in [7, 11) is 0. The van der Waals surface area contributed by atoms with Crippen molar-refractivity contribution < 1.29 is 9.66 Å². The van der Waals surface area contributed by atoms with Crippen molar-refractivity contribution in [2.75, 3.05) is 6.61 Å². The van der Waals surface area contributed by atoms with Gasteiger partial charge in [0.05, 0.1) is 11.5 Å². The summed E-state index contributed by atoms with van der Waals surface area (Å²) >= 11 is 3.69. The molecule has 112 valence electrons. The number of benzene rings is 1. The van der Waals surface area contributed by atoms with Gasteiger partial charge in [0.2, 0.25) is 0 Å². The van der Waals surface area contributed by atoms with Crippen LogP contribution in [0, 0.1) is 15.5 Å². The summed E-state index contributed by atoms with van der Waals surface area (Å²) in [5.41, 5.74) is 1.20. The molecule has 1 aromatic carbocycles. The standard InChI is InChI=1S/C15H22BrNO3/c1-5-8-20-13-9-11(6-7-12(13)17(18)19)10-14(16)15(2,3)4/h6-7,9,14H,5,8,10H2,1-4H3. The zero-order valence-corrected chi connectivity index (χ0v) is 14.1. The zero-order valence-electron chi connectivity index (χ0n) is 12.5. The largest absolute Gasteiger partial charge is 0.487 e. The second-order valence-electron chi connectivity index (χ2n) is 5.95. The molecule has 0 aliphatic carbocycles. The Labute approximate surface area is 128 Å². The number of rotatable bonds is 6. The van der Waals surface area contributed by atoms with Crippen LogP contribution in [-0.2, 0) is 6.42 Å². The predicted octanol–water partition coefficient (Wildman–Crippen LogP) is 4.74. The fourth-order valence-electron chi connectivity index (χ4n) is 1.68. The lowest BCUT2D eigenvalue weighted by atomic mass is 9.88. The first-order valence-corrected chi connectivity index (χ1v) is 7.71. The first kappa shape index (κ1) is 17.0. The smallest absolute Gasteiger partial charge is 0.310 e. The number of hydrogen-bond acceptors (Lipinski definition) is 3. The Kier molecular flexibility index (Phi) is 5.99. The lowest BCUT2D eigenvalue weighted by Crippen LogP contribution is -2.22. The number of alkyl halides is 1. The summed E-state index contributed by atoms with van der Waals surface area (Å²) in [6, 6.07) is 5.12. The van der Waals surface area contributed by atoms with E-state index in [4.69, 9.17) is 4.74 Å². The van der Waals surface area contributed by atoms with E-state index in [1.54, 1.807) is 12.1 Å². The maximum atomic E-state index is 11.0. The van der Waals surface area contributed by atoms with E-state index in [2.05, 4.69) is 36.7 Å². The molecule has 0 heterocycles. The van der Waals surface area contributed by atoms with E-state index in [-0.39, 0.29) is 11.1 Å². The molecular formula is C15H22BrNO3. The lowest BCUT2D eigenvalue weighted by molar-refractivity contribution is -0.385. The van der Waals surface area contributed by atoms with Gasteiger partial charge in [-0.25, -0.2) is 0 Å². The van der Waals surface area contributed by atoms with Crippen molar-refractivity contribution >= 4 is 21.6 Å². The van der Waals surface area contributed by atoms with Gasteiger partial charge >= 0.3 is 5.69 Å². The average molecular weight is 344 g/mol. The van der Waals surface area contributed by atoms with E-state index in [0.717, 1.165) is 18.4 Å². The van der Waals surface area contributed by atoms with Crippen LogP contribution in [0.4, 0.5) is 5.69 Å². The minimum atomic E-state index is -0.399. The molecule has 0 saturated heterocycles. The van der Waals surface area contributed by atoms with Crippen LogP contribution in [0.2, 0.25) is 0 Å². The highest BCUT2D eigenvalue weighted by Gasteiger charge is 2.23. The number of ether oxygens (including phenoxy) is 1. The highest BCUT2D eigenvalue weighted by atomic mass is 79.9. The molecule has 1 aromatic rings. The molecule has 5 heteroatoms. The molecule has 1 rings (SSSR count). The van der Waals surface area contributed by atoms with E-state index in [1.807, 2.05) is 6.92 Å². The second kappa shape index (κ2) is 7.07. The predicted molar refractivity (Wildman–Crippen MR) is 84.8 cm³/mol. The Morgan fingerprint density at radius 2 is 2.05 bits per heavy atom. The summed E-state index contributed by atoms with van der Waals surface area (Å²) in [5.74, 6) is 0.364. The third-order valence-electron chi connectivity index (χ3n) is 3.04. The third kappa shape index (κ3) is 4.78. The molecule has 0 spiro atoms. The summed E-state index contributed by atoms with van der Waals surface area (Å²) in [5, 5.41) is 11.0. The van der Waals surface area contributed by atoms with Gasteiger partial charge in [-0.2, -0.15) is 0 Å². The summed E-state index contributed by atoms with van der Waals surface area (Å²) < 4.78 is 5.50. The van der Waals surface area contributed by atoms with Gasteiger partial charge in [0, 0.05) is 10.9 Å². The van der Waals surface area contributed by atoms with E-state index in [0.29, 0.717) is 17.2 Å². The highest BCUT2D eigenvalue weighted by molar-refractivity contribution is 9.09. The minimum absolute atomic E-state index is 0.0316. The molecule has 0 aliphatic rings. The number of hydrogen-bond donors (Lipinski definition) is 0.